The quantitative estimate of drug-likeness (QED) is 0.515. The third-order valence-corrected chi connectivity index (χ3v) is 6.22. The summed E-state index contributed by atoms with van der Waals surface area (Å²) in [7, 11) is 4.51. The first kappa shape index (κ1) is 24.1. The minimum absolute atomic E-state index is 0.0228. The first-order valence-corrected chi connectivity index (χ1v) is 10.6. The molecule has 2 atom stereocenters. The fourth-order valence-electron chi connectivity index (χ4n) is 4.06. The van der Waals surface area contributed by atoms with Crippen LogP contribution < -0.4 is 4.74 Å². The van der Waals surface area contributed by atoms with Crippen molar-refractivity contribution in [3.8, 4) is 5.75 Å². The number of hydrogen-bond acceptors (Lipinski definition) is 6. The lowest BCUT2D eigenvalue weighted by atomic mass is 9.82. The van der Waals surface area contributed by atoms with Gasteiger partial charge in [0.1, 0.15) is 25.9 Å². The smallest absolute Gasteiger partial charge is 0.328 e. The summed E-state index contributed by atoms with van der Waals surface area (Å²) in [6.45, 7) is 6.64. The predicted octanol–water partition coefficient (Wildman–Crippen LogP) is 2.65. The minimum atomic E-state index is -0.599. The summed E-state index contributed by atoms with van der Waals surface area (Å²) in [5.74, 6) is 0.645. The molecule has 0 aliphatic carbocycles. The van der Waals surface area contributed by atoms with Crippen LogP contribution >= 0.6 is 0 Å². The van der Waals surface area contributed by atoms with Gasteiger partial charge < -0.3 is 18.9 Å². The van der Waals surface area contributed by atoms with E-state index in [9.17, 15) is 9.59 Å². The maximum absolute atomic E-state index is 13.2. The van der Waals surface area contributed by atoms with Gasteiger partial charge in [0.2, 0.25) is 0 Å². The largest absolute Gasteiger partial charge is 0.473 e. The predicted molar refractivity (Wildman–Crippen MR) is 117 cm³/mol. The second kappa shape index (κ2) is 9.93. The van der Waals surface area contributed by atoms with Crippen LogP contribution in [0.15, 0.2) is 24.3 Å². The van der Waals surface area contributed by atoms with E-state index in [1.807, 2.05) is 24.3 Å². The van der Waals surface area contributed by atoms with E-state index in [1.165, 1.54) is 46.5 Å². The van der Waals surface area contributed by atoms with Crippen LogP contribution in [0.25, 0.3) is 0 Å². The second-order valence-electron chi connectivity index (χ2n) is 8.56. The topological polar surface area (TPSA) is 84.0 Å². The average Bonchev–Trinajstić information content (AvgIpc) is 3.20. The Morgan fingerprint density at radius 3 is 1.53 bits per heavy atom. The molecule has 2 saturated heterocycles. The van der Waals surface area contributed by atoms with Crippen LogP contribution in [-0.4, -0.2) is 92.2 Å². The van der Waals surface area contributed by atoms with Gasteiger partial charge in [-0.1, -0.05) is 32.9 Å². The molecule has 1 aromatic carbocycles. The van der Waals surface area contributed by atoms with Crippen LogP contribution in [0, 0.1) is 0 Å². The Balaban J connectivity index is 1.82. The van der Waals surface area contributed by atoms with Crippen molar-refractivity contribution in [1.82, 2.24) is 19.6 Å². The molecule has 2 aliphatic heterocycles. The van der Waals surface area contributed by atoms with Gasteiger partial charge in [-0.25, -0.2) is 9.59 Å². The molecule has 10 nitrogen and oxygen atoms in total. The molecule has 4 amide bonds. The van der Waals surface area contributed by atoms with Crippen molar-refractivity contribution in [3.05, 3.63) is 29.8 Å². The second-order valence-corrected chi connectivity index (χ2v) is 8.56. The Morgan fingerprint density at radius 2 is 1.16 bits per heavy atom. The zero-order valence-electron chi connectivity index (χ0n) is 19.7. The Bertz CT molecular complexity index is 798. The highest BCUT2D eigenvalue weighted by Gasteiger charge is 2.59. The van der Waals surface area contributed by atoms with Gasteiger partial charge in [-0.3, -0.25) is 19.6 Å². The summed E-state index contributed by atoms with van der Waals surface area (Å²) in [6, 6.07) is 7.32. The monoisotopic (exact) mass is 450 g/mol. The van der Waals surface area contributed by atoms with Crippen LogP contribution in [0.5, 0.6) is 5.75 Å². The molecule has 0 N–H and O–H groups in total. The maximum atomic E-state index is 13.2. The zero-order chi connectivity index (χ0) is 23.5. The fourth-order valence-corrected chi connectivity index (χ4v) is 4.06. The maximum Gasteiger partial charge on any atom is 0.328 e. The number of rotatable bonds is 11. The number of benzene rings is 1. The first-order chi connectivity index (χ1) is 15.3. The summed E-state index contributed by atoms with van der Waals surface area (Å²) >= 11 is 0. The molecular weight excluding hydrogens is 416 g/mol. The standard InChI is InChI=1S/C22H34N4O6/c1-7-22(2,3)16-8-10-17(11-9-16)32-15-26-19-18(24(13-30-5)21(26)28)23(12-29-4)20(27)25(19)14-31-6/h8-11,18-19H,7,12-15H2,1-6H3. The normalized spacial score (nSPS) is 21.1. The van der Waals surface area contributed by atoms with Gasteiger partial charge in [0.05, 0.1) is 0 Å². The van der Waals surface area contributed by atoms with Gasteiger partial charge in [-0.2, -0.15) is 0 Å². The highest BCUT2D eigenvalue weighted by atomic mass is 16.5. The van der Waals surface area contributed by atoms with Crippen molar-refractivity contribution in [2.24, 2.45) is 0 Å². The molecular formula is C22H34N4O6. The van der Waals surface area contributed by atoms with Crippen LogP contribution in [0.2, 0.25) is 0 Å². The summed E-state index contributed by atoms with van der Waals surface area (Å²) in [4.78, 5) is 32.2. The Hall–Kier alpha value is -2.56. The number of carbonyl (C=O) groups excluding carboxylic acids is 2. The summed E-state index contributed by atoms with van der Waals surface area (Å²) in [5, 5.41) is 0. The molecule has 2 aliphatic rings. The third-order valence-electron chi connectivity index (χ3n) is 6.22. The average molecular weight is 451 g/mol. The van der Waals surface area contributed by atoms with Gasteiger partial charge in [-0.05, 0) is 29.5 Å². The van der Waals surface area contributed by atoms with Crippen molar-refractivity contribution >= 4 is 12.1 Å². The SMILES string of the molecule is CCC(C)(C)c1ccc(OCN2C(=O)N(COC)C3C2N(COC)C(=O)N3COC)cc1. The van der Waals surface area contributed by atoms with Gasteiger partial charge in [0.25, 0.3) is 0 Å². The molecule has 0 radical (unpaired) electrons. The molecule has 1 aromatic rings. The van der Waals surface area contributed by atoms with E-state index in [0.29, 0.717) is 5.75 Å². The highest BCUT2D eigenvalue weighted by Crippen LogP contribution is 2.35. The van der Waals surface area contributed by atoms with Gasteiger partial charge >= 0.3 is 12.1 Å². The van der Waals surface area contributed by atoms with E-state index >= 15 is 0 Å². The van der Waals surface area contributed by atoms with Gasteiger partial charge in [0.15, 0.2) is 19.1 Å². The molecule has 0 aromatic heterocycles. The minimum Gasteiger partial charge on any atom is -0.473 e. The van der Waals surface area contributed by atoms with Gasteiger partial charge in [-0.15, -0.1) is 0 Å². The van der Waals surface area contributed by atoms with E-state index in [-0.39, 0.29) is 44.4 Å². The number of amides is 4. The van der Waals surface area contributed by atoms with Crippen LogP contribution in [0.1, 0.15) is 32.8 Å². The lowest BCUT2D eigenvalue weighted by molar-refractivity contribution is -0.00778. The summed E-state index contributed by atoms with van der Waals surface area (Å²) in [5.41, 5.74) is 1.30. The first-order valence-electron chi connectivity index (χ1n) is 10.6. The Kier molecular flexibility index (Phi) is 7.47. The van der Waals surface area contributed by atoms with E-state index in [0.717, 1.165) is 6.42 Å². The zero-order valence-corrected chi connectivity index (χ0v) is 19.7. The third kappa shape index (κ3) is 4.35. The van der Waals surface area contributed by atoms with Crippen molar-refractivity contribution < 1.29 is 28.5 Å². The Morgan fingerprint density at radius 1 is 0.750 bits per heavy atom. The molecule has 2 fully saturated rings. The Labute approximate surface area is 189 Å². The summed E-state index contributed by atoms with van der Waals surface area (Å²) in [6.07, 6.45) is -0.158. The fraction of sp³-hybridized carbons (Fsp3) is 0.636. The van der Waals surface area contributed by atoms with Crippen LogP contribution in [0.3, 0.4) is 0 Å². The number of fused-ring (bicyclic) bond motifs is 1. The van der Waals surface area contributed by atoms with Crippen LogP contribution in [0.4, 0.5) is 9.59 Å². The number of methoxy groups -OCH3 is 3. The van der Waals surface area contributed by atoms with Gasteiger partial charge in [0, 0.05) is 21.3 Å². The molecule has 2 heterocycles. The van der Waals surface area contributed by atoms with Crippen LogP contribution in [-0.2, 0) is 19.6 Å². The number of ether oxygens (including phenoxy) is 4. The lowest BCUT2D eigenvalue weighted by Crippen LogP contribution is -2.48. The van der Waals surface area contributed by atoms with Crippen molar-refractivity contribution in [2.75, 3.05) is 48.3 Å². The molecule has 32 heavy (non-hydrogen) atoms. The van der Waals surface area contributed by atoms with E-state index in [1.54, 1.807) is 0 Å². The summed E-state index contributed by atoms with van der Waals surface area (Å²) < 4.78 is 21.7. The molecule has 0 saturated carbocycles. The van der Waals surface area contributed by atoms with E-state index in [4.69, 9.17) is 18.9 Å². The lowest BCUT2D eigenvalue weighted by Gasteiger charge is -2.29. The highest BCUT2D eigenvalue weighted by molar-refractivity contribution is 5.85. The van der Waals surface area contributed by atoms with E-state index < -0.39 is 12.3 Å². The van der Waals surface area contributed by atoms with E-state index in [2.05, 4.69) is 20.8 Å². The molecule has 10 heteroatoms. The molecule has 2 unspecified atom stereocenters. The van der Waals surface area contributed by atoms with Crippen molar-refractivity contribution in [1.29, 1.82) is 0 Å². The number of nitrogens with zero attached hydrogens (tertiary/aromatic N) is 4. The molecule has 0 bridgehead atoms. The number of hydrogen-bond donors (Lipinski definition) is 0. The number of carbonyl (C=O) groups is 2. The molecule has 0 spiro atoms. The van der Waals surface area contributed by atoms with Crippen molar-refractivity contribution in [3.63, 3.8) is 0 Å². The van der Waals surface area contributed by atoms with Crippen molar-refractivity contribution in [2.45, 2.75) is 44.9 Å². The molecule has 178 valence electrons. The number of urea groups is 2. The molecule has 3 rings (SSSR count).